The van der Waals surface area contributed by atoms with E-state index in [0.717, 1.165) is 5.56 Å². The van der Waals surface area contributed by atoms with E-state index in [9.17, 15) is 9.59 Å². The Morgan fingerprint density at radius 2 is 2.00 bits per heavy atom. The Morgan fingerprint density at radius 1 is 1.32 bits per heavy atom. The molecule has 120 valence electrons. The minimum atomic E-state index is -0.865. The van der Waals surface area contributed by atoms with Crippen molar-refractivity contribution in [1.29, 1.82) is 0 Å². The fourth-order valence-electron chi connectivity index (χ4n) is 3.21. The average molecular weight is 305 g/mol. The van der Waals surface area contributed by atoms with Gasteiger partial charge in [0.15, 0.2) is 0 Å². The molecule has 0 aromatic heterocycles. The second-order valence-corrected chi connectivity index (χ2v) is 5.82. The molecule has 1 aromatic carbocycles. The SMILES string of the molecule is CCC(=O)[C@@H]1C[C@](C)(C(=O)OC)N[C@@H]1c1ccccc1OC. The summed E-state index contributed by atoms with van der Waals surface area (Å²) in [6.07, 6.45) is 0.865. The summed E-state index contributed by atoms with van der Waals surface area (Å²) in [7, 11) is 2.96. The second kappa shape index (κ2) is 6.48. The first-order valence-electron chi connectivity index (χ1n) is 7.48. The van der Waals surface area contributed by atoms with E-state index >= 15 is 0 Å². The molecular formula is C17H23NO4. The summed E-state index contributed by atoms with van der Waals surface area (Å²) in [5.41, 5.74) is 0.0277. The van der Waals surface area contributed by atoms with E-state index in [1.54, 1.807) is 14.0 Å². The van der Waals surface area contributed by atoms with Gasteiger partial charge in [0, 0.05) is 23.9 Å². The number of ketones is 1. The summed E-state index contributed by atoms with van der Waals surface area (Å²) in [6, 6.07) is 7.31. The van der Waals surface area contributed by atoms with E-state index in [1.807, 2.05) is 31.2 Å². The maximum atomic E-state index is 12.4. The van der Waals surface area contributed by atoms with Crippen LogP contribution in [0.1, 0.15) is 38.3 Å². The Bertz CT molecular complexity index is 572. The number of carbonyl (C=O) groups is 2. The lowest BCUT2D eigenvalue weighted by molar-refractivity contribution is -0.147. The van der Waals surface area contributed by atoms with Crippen molar-refractivity contribution in [1.82, 2.24) is 5.32 Å². The van der Waals surface area contributed by atoms with Crippen molar-refractivity contribution in [3.8, 4) is 5.75 Å². The van der Waals surface area contributed by atoms with Crippen LogP contribution in [0.5, 0.6) is 5.75 Å². The normalized spacial score (nSPS) is 27.5. The predicted octanol–water partition coefficient (Wildman–Crippen LogP) is 2.26. The molecule has 1 aromatic rings. The van der Waals surface area contributed by atoms with Gasteiger partial charge in [0.25, 0.3) is 0 Å². The summed E-state index contributed by atoms with van der Waals surface area (Å²) in [5.74, 6) is 0.225. The van der Waals surface area contributed by atoms with Crippen molar-refractivity contribution in [2.24, 2.45) is 5.92 Å². The zero-order valence-corrected chi connectivity index (χ0v) is 13.5. The number of benzene rings is 1. The van der Waals surface area contributed by atoms with Crippen LogP contribution >= 0.6 is 0 Å². The smallest absolute Gasteiger partial charge is 0.325 e. The second-order valence-electron chi connectivity index (χ2n) is 5.82. The molecular weight excluding hydrogens is 282 g/mol. The number of methoxy groups -OCH3 is 2. The Labute approximate surface area is 131 Å². The van der Waals surface area contributed by atoms with Crippen LogP contribution in [-0.4, -0.2) is 31.5 Å². The van der Waals surface area contributed by atoms with Crippen LogP contribution in [-0.2, 0) is 14.3 Å². The zero-order chi connectivity index (χ0) is 16.3. The van der Waals surface area contributed by atoms with Crippen molar-refractivity contribution < 1.29 is 19.1 Å². The Hall–Kier alpha value is -1.88. The zero-order valence-electron chi connectivity index (χ0n) is 13.5. The lowest BCUT2D eigenvalue weighted by Crippen LogP contribution is -2.46. The molecule has 0 spiro atoms. The fraction of sp³-hybridized carbons (Fsp3) is 0.529. The molecule has 0 saturated carbocycles. The van der Waals surface area contributed by atoms with Gasteiger partial charge in [-0.3, -0.25) is 14.9 Å². The van der Waals surface area contributed by atoms with Crippen LogP contribution < -0.4 is 10.1 Å². The number of hydrogen-bond donors (Lipinski definition) is 1. The first-order valence-corrected chi connectivity index (χ1v) is 7.48. The lowest BCUT2D eigenvalue weighted by Gasteiger charge is -2.23. The number of esters is 1. The molecule has 5 heteroatoms. The van der Waals surface area contributed by atoms with E-state index in [-0.39, 0.29) is 23.7 Å². The summed E-state index contributed by atoms with van der Waals surface area (Å²) in [6.45, 7) is 3.62. The minimum Gasteiger partial charge on any atom is -0.496 e. The number of hydrogen-bond acceptors (Lipinski definition) is 5. The first-order chi connectivity index (χ1) is 10.5. The van der Waals surface area contributed by atoms with Gasteiger partial charge in [-0.05, 0) is 19.4 Å². The van der Waals surface area contributed by atoms with Crippen molar-refractivity contribution in [2.75, 3.05) is 14.2 Å². The number of nitrogens with one attached hydrogen (secondary N) is 1. The molecule has 0 aliphatic carbocycles. The quantitative estimate of drug-likeness (QED) is 0.845. The summed E-state index contributed by atoms with van der Waals surface area (Å²) >= 11 is 0. The molecule has 1 fully saturated rings. The van der Waals surface area contributed by atoms with Gasteiger partial charge in [-0.1, -0.05) is 25.1 Å². The molecule has 1 aliphatic heterocycles. The van der Waals surface area contributed by atoms with E-state index in [0.29, 0.717) is 18.6 Å². The van der Waals surface area contributed by atoms with Crippen LogP contribution in [0, 0.1) is 5.92 Å². The van der Waals surface area contributed by atoms with Gasteiger partial charge in [0.2, 0.25) is 0 Å². The van der Waals surface area contributed by atoms with Gasteiger partial charge < -0.3 is 9.47 Å². The molecule has 5 nitrogen and oxygen atoms in total. The van der Waals surface area contributed by atoms with Gasteiger partial charge in [0.05, 0.1) is 14.2 Å². The highest BCUT2D eigenvalue weighted by Crippen LogP contribution is 2.42. The van der Waals surface area contributed by atoms with E-state index < -0.39 is 5.54 Å². The van der Waals surface area contributed by atoms with Gasteiger partial charge in [-0.15, -0.1) is 0 Å². The van der Waals surface area contributed by atoms with Gasteiger partial charge in [0.1, 0.15) is 17.1 Å². The number of Topliss-reactive ketones (excluding diaryl/α,β-unsaturated/α-hetero) is 1. The van der Waals surface area contributed by atoms with Crippen LogP contribution in [0.4, 0.5) is 0 Å². The monoisotopic (exact) mass is 305 g/mol. The summed E-state index contributed by atoms with van der Waals surface area (Å²) in [5, 5.41) is 3.30. The maximum Gasteiger partial charge on any atom is 0.325 e. The number of para-hydroxylation sites is 1. The standard InChI is InChI=1S/C17H23NO4/c1-5-13(19)12-10-17(2,16(20)22-4)18-15(12)11-8-6-7-9-14(11)21-3/h6-9,12,15,18H,5,10H2,1-4H3/t12-,15+,17+/m0/s1. The molecule has 0 radical (unpaired) electrons. The molecule has 1 N–H and O–H groups in total. The fourth-order valence-corrected chi connectivity index (χ4v) is 3.21. The maximum absolute atomic E-state index is 12.4. The van der Waals surface area contributed by atoms with E-state index in [2.05, 4.69) is 5.32 Å². The molecule has 0 unspecified atom stereocenters. The Morgan fingerprint density at radius 3 is 2.59 bits per heavy atom. The molecule has 1 aliphatic rings. The van der Waals surface area contributed by atoms with E-state index in [1.165, 1.54) is 7.11 Å². The van der Waals surface area contributed by atoms with Crippen molar-refractivity contribution in [3.05, 3.63) is 29.8 Å². The largest absolute Gasteiger partial charge is 0.496 e. The van der Waals surface area contributed by atoms with Gasteiger partial charge in [-0.25, -0.2) is 0 Å². The molecule has 0 bridgehead atoms. The summed E-state index contributed by atoms with van der Waals surface area (Å²) in [4.78, 5) is 24.5. The first kappa shape index (κ1) is 16.5. The molecule has 1 heterocycles. The van der Waals surface area contributed by atoms with Crippen LogP contribution in [0.3, 0.4) is 0 Å². The Balaban J connectivity index is 2.42. The van der Waals surface area contributed by atoms with Crippen molar-refractivity contribution >= 4 is 11.8 Å². The molecule has 0 amide bonds. The highest BCUT2D eigenvalue weighted by atomic mass is 16.5. The molecule has 22 heavy (non-hydrogen) atoms. The van der Waals surface area contributed by atoms with Crippen LogP contribution in [0.25, 0.3) is 0 Å². The van der Waals surface area contributed by atoms with Crippen molar-refractivity contribution in [2.45, 2.75) is 38.3 Å². The van der Waals surface area contributed by atoms with Gasteiger partial charge >= 0.3 is 5.97 Å². The topological polar surface area (TPSA) is 64.6 Å². The molecule has 1 saturated heterocycles. The predicted molar refractivity (Wildman–Crippen MR) is 82.7 cm³/mol. The third-order valence-corrected chi connectivity index (χ3v) is 4.38. The Kier molecular flexibility index (Phi) is 4.86. The number of rotatable bonds is 5. The third kappa shape index (κ3) is 2.86. The minimum absolute atomic E-state index is 0.135. The highest BCUT2D eigenvalue weighted by Gasteiger charge is 2.50. The van der Waals surface area contributed by atoms with Crippen molar-refractivity contribution in [3.63, 3.8) is 0 Å². The molecule has 2 rings (SSSR count). The highest BCUT2D eigenvalue weighted by molar-refractivity contribution is 5.87. The lowest BCUT2D eigenvalue weighted by atomic mass is 9.86. The van der Waals surface area contributed by atoms with Gasteiger partial charge in [-0.2, -0.15) is 0 Å². The van der Waals surface area contributed by atoms with Crippen LogP contribution in [0.2, 0.25) is 0 Å². The van der Waals surface area contributed by atoms with Crippen LogP contribution in [0.15, 0.2) is 24.3 Å². The average Bonchev–Trinajstić information content (AvgIpc) is 2.92. The number of ether oxygens (including phenoxy) is 2. The number of carbonyl (C=O) groups excluding carboxylic acids is 2. The molecule has 3 atom stereocenters. The van der Waals surface area contributed by atoms with E-state index in [4.69, 9.17) is 9.47 Å². The summed E-state index contributed by atoms with van der Waals surface area (Å²) < 4.78 is 10.3. The third-order valence-electron chi connectivity index (χ3n) is 4.38.